The number of likely N-dealkylation sites (tertiary alicyclic amines) is 1. The molecule has 1 fully saturated rings. The number of nitrogens with one attached hydrogen (secondary N) is 2. The van der Waals surface area contributed by atoms with Crippen LogP contribution in [0.4, 0.5) is 10.5 Å². The highest BCUT2D eigenvalue weighted by Crippen LogP contribution is 2.18. The van der Waals surface area contributed by atoms with Gasteiger partial charge < -0.3 is 16.0 Å². The van der Waals surface area contributed by atoms with E-state index in [2.05, 4.69) is 5.32 Å². The molecule has 18 heavy (non-hydrogen) atoms. The topological polar surface area (TPSA) is 82.2 Å². The number of amidine groups is 1. The summed E-state index contributed by atoms with van der Waals surface area (Å²) < 4.78 is 0. The van der Waals surface area contributed by atoms with Gasteiger partial charge in [0.2, 0.25) is 0 Å². The normalized spacial score (nSPS) is 14.6. The predicted octanol–water partition coefficient (Wildman–Crippen LogP) is 1.91. The molecule has 0 unspecified atom stereocenters. The number of carbonyl (C=O) groups is 1. The smallest absolute Gasteiger partial charge is 0.321 e. The van der Waals surface area contributed by atoms with Crippen molar-refractivity contribution in [1.82, 2.24) is 4.90 Å². The molecular weight excluding hydrogens is 228 g/mol. The fraction of sp³-hybridized carbons (Fsp3) is 0.385. The number of nitrogens with zero attached hydrogens (tertiary/aromatic N) is 1. The first kappa shape index (κ1) is 12.4. The molecule has 0 saturated carbocycles. The quantitative estimate of drug-likeness (QED) is 0.550. The zero-order valence-electron chi connectivity index (χ0n) is 10.5. The molecule has 1 aromatic carbocycles. The summed E-state index contributed by atoms with van der Waals surface area (Å²) in [6.45, 7) is 3.55. The first-order valence-electron chi connectivity index (χ1n) is 6.09. The highest BCUT2D eigenvalue weighted by atomic mass is 16.2. The van der Waals surface area contributed by atoms with E-state index in [-0.39, 0.29) is 11.9 Å². The minimum absolute atomic E-state index is 0.00618. The Balaban J connectivity index is 2.14. The number of amides is 2. The lowest BCUT2D eigenvalue weighted by molar-refractivity contribution is 0.222. The van der Waals surface area contributed by atoms with Crippen LogP contribution in [0.3, 0.4) is 0 Å². The van der Waals surface area contributed by atoms with Crippen LogP contribution in [0.5, 0.6) is 0 Å². The highest BCUT2D eigenvalue weighted by molar-refractivity contribution is 5.97. The van der Waals surface area contributed by atoms with E-state index in [0.29, 0.717) is 5.56 Å². The molecule has 5 nitrogen and oxygen atoms in total. The lowest BCUT2D eigenvalue weighted by atomic mass is 10.1. The largest absolute Gasteiger partial charge is 0.384 e. The number of hydrogen-bond donors (Lipinski definition) is 3. The number of nitrogens with two attached hydrogens (primary N) is 1. The van der Waals surface area contributed by atoms with Crippen LogP contribution in [-0.4, -0.2) is 29.9 Å². The van der Waals surface area contributed by atoms with Gasteiger partial charge in [-0.3, -0.25) is 5.41 Å². The van der Waals surface area contributed by atoms with E-state index in [0.717, 1.165) is 37.2 Å². The molecule has 96 valence electrons. The molecule has 2 amide bonds. The van der Waals surface area contributed by atoms with E-state index in [1.165, 1.54) is 0 Å². The molecule has 1 saturated heterocycles. The summed E-state index contributed by atoms with van der Waals surface area (Å²) in [6, 6.07) is 5.31. The van der Waals surface area contributed by atoms with E-state index in [1.54, 1.807) is 17.0 Å². The van der Waals surface area contributed by atoms with Crippen molar-refractivity contribution < 1.29 is 4.79 Å². The fourth-order valence-electron chi connectivity index (χ4n) is 2.04. The minimum Gasteiger partial charge on any atom is -0.384 e. The van der Waals surface area contributed by atoms with Crippen LogP contribution in [0, 0.1) is 12.3 Å². The van der Waals surface area contributed by atoms with Crippen molar-refractivity contribution in [3.63, 3.8) is 0 Å². The van der Waals surface area contributed by atoms with Crippen LogP contribution in [-0.2, 0) is 0 Å². The van der Waals surface area contributed by atoms with E-state index < -0.39 is 0 Å². The average molecular weight is 246 g/mol. The maximum Gasteiger partial charge on any atom is 0.321 e. The van der Waals surface area contributed by atoms with Crippen molar-refractivity contribution in [2.24, 2.45) is 5.73 Å². The molecule has 5 heteroatoms. The first-order chi connectivity index (χ1) is 8.58. The summed E-state index contributed by atoms with van der Waals surface area (Å²) in [6.07, 6.45) is 2.14. The standard InChI is InChI=1S/C13H18N4O/c1-9-4-5-10(12(14)15)8-11(9)16-13(18)17-6-2-3-7-17/h4-5,8H,2-3,6-7H2,1H3,(H3,14,15)(H,16,18). The van der Waals surface area contributed by atoms with Gasteiger partial charge in [0.1, 0.15) is 5.84 Å². The van der Waals surface area contributed by atoms with Gasteiger partial charge in [-0.05, 0) is 31.4 Å². The Labute approximate surface area is 106 Å². The second-order valence-electron chi connectivity index (χ2n) is 4.57. The summed E-state index contributed by atoms with van der Waals surface area (Å²) in [7, 11) is 0. The van der Waals surface area contributed by atoms with Crippen molar-refractivity contribution in [1.29, 1.82) is 5.41 Å². The lowest BCUT2D eigenvalue weighted by Crippen LogP contribution is -2.32. The monoisotopic (exact) mass is 246 g/mol. The molecule has 0 atom stereocenters. The minimum atomic E-state index is -0.0729. The van der Waals surface area contributed by atoms with Crippen LogP contribution in [0.15, 0.2) is 18.2 Å². The zero-order chi connectivity index (χ0) is 13.1. The van der Waals surface area contributed by atoms with Crippen molar-refractivity contribution in [3.05, 3.63) is 29.3 Å². The Hall–Kier alpha value is -2.04. The number of aryl methyl sites for hydroxylation is 1. The third-order valence-corrected chi connectivity index (χ3v) is 3.18. The number of benzene rings is 1. The Morgan fingerprint density at radius 3 is 2.67 bits per heavy atom. The Morgan fingerprint density at radius 2 is 2.06 bits per heavy atom. The highest BCUT2D eigenvalue weighted by Gasteiger charge is 2.18. The van der Waals surface area contributed by atoms with Gasteiger partial charge in [0.25, 0.3) is 0 Å². The van der Waals surface area contributed by atoms with Crippen molar-refractivity contribution in [2.45, 2.75) is 19.8 Å². The SMILES string of the molecule is Cc1ccc(C(=N)N)cc1NC(=O)N1CCCC1. The summed E-state index contributed by atoms with van der Waals surface area (Å²) in [5.74, 6) is 0.00618. The molecule has 0 bridgehead atoms. The van der Waals surface area contributed by atoms with Gasteiger partial charge in [-0.2, -0.15) is 0 Å². The van der Waals surface area contributed by atoms with E-state index >= 15 is 0 Å². The van der Waals surface area contributed by atoms with Crippen molar-refractivity contribution in [2.75, 3.05) is 18.4 Å². The Morgan fingerprint density at radius 1 is 1.39 bits per heavy atom. The number of hydrogen-bond acceptors (Lipinski definition) is 2. The van der Waals surface area contributed by atoms with Gasteiger partial charge in [0.15, 0.2) is 0 Å². The van der Waals surface area contributed by atoms with Crippen LogP contribution in [0.2, 0.25) is 0 Å². The number of nitrogen functional groups attached to an aromatic ring is 1. The molecule has 1 aliphatic heterocycles. The van der Waals surface area contributed by atoms with Crippen LogP contribution < -0.4 is 11.1 Å². The van der Waals surface area contributed by atoms with Gasteiger partial charge in [-0.15, -0.1) is 0 Å². The van der Waals surface area contributed by atoms with Crippen LogP contribution in [0.1, 0.15) is 24.0 Å². The van der Waals surface area contributed by atoms with Gasteiger partial charge in [-0.1, -0.05) is 12.1 Å². The second-order valence-corrected chi connectivity index (χ2v) is 4.57. The molecule has 1 heterocycles. The predicted molar refractivity (Wildman–Crippen MR) is 72.0 cm³/mol. The molecule has 1 aliphatic rings. The van der Waals surface area contributed by atoms with Gasteiger partial charge >= 0.3 is 6.03 Å². The van der Waals surface area contributed by atoms with Gasteiger partial charge in [0.05, 0.1) is 0 Å². The number of anilines is 1. The number of rotatable bonds is 2. The van der Waals surface area contributed by atoms with Gasteiger partial charge in [-0.25, -0.2) is 4.79 Å². The van der Waals surface area contributed by atoms with E-state index in [4.69, 9.17) is 11.1 Å². The maximum atomic E-state index is 12.0. The fourth-order valence-corrected chi connectivity index (χ4v) is 2.04. The average Bonchev–Trinajstić information content (AvgIpc) is 2.85. The van der Waals surface area contributed by atoms with Crippen LogP contribution in [0.25, 0.3) is 0 Å². The Kier molecular flexibility index (Phi) is 3.50. The molecule has 2 rings (SSSR count). The number of urea groups is 1. The van der Waals surface area contributed by atoms with Crippen molar-refractivity contribution in [3.8, 4) is 0 Å². The van der Waals surface area contributed by atoms with E-state index in [1.807, 2.05) is 13.0 Å². The lowest BCUT2D eigenvalue weighted by Gasteiger charge is -2.17. The summed E-state index contributed by atoms with van der Waals surface area (Å²) in [5.41, 5.74) is 7.76. The molecule has 0 radical (unpaired) electrons. The van der Waals surface area contributed by atoms with Gasteiger partial charge in [0, 0.05) is 24.3 Å². The molecule has 0 aliphatic carbocycles. The first-order valence-corrected chi connectivity index (χ1v) is 6.09. The molecule has 4 N–H and O–H groups in total. The van der Waals surface area contributed by atoms with Crippen LogP contribution >= 0.6 is 0 Å². The summed E-state index contributed by atoms with van der Waals surface area (Å²) >= 11 is 0. The third-order valence-electron chi connectivity index (χ3n) is 3.18. The third kappa shape index (κ3) is 2.61. The Bertz CT molecular complexity index is 478. The van der Waals surface area contributed by atoms with E-state index in [9.17, 15) is 4.79 Å². The number of carbonyl (C=O) groups excluding carboxylic acids is 1. The summed E-state index contributed by atoms with van der Waals surface area (Å²) in [4.78, 5) is 13.8. The second kappa shape index (κ2) is 5.08. The molecule has 0 aromatic heterocycles. The molecule has 1 aromatic rings. The molecular formula is C13H18N4O. The van der Waals surface area contributed by atoms with Crippen molar-refractivity contribution >= 4 is 17.6 Å². The molecule has 0 spiro atoms. The summed E-state index contributed by atoms with van der Waals surface area (Å²) in [5, 5.41) is 10.3. The zero-order valence-corrected chi connectivity index (χ0v) is 10.5. The maximum absolute atomic E-state index is 12.0.